The standard InChI is InChI=1S/C28H31N3O6S/c1-18-6-4-5-7-21(18)16-38(34,35)17-24-28(33)31-23-15-20(9-10-22(23)30-24)27(32)29-13-12-19-8-11-25(36-2)26(14-19)37-3/h4-11,14-15,24,30H,12-13,16-17H2,1-3H3,(H,29,32)(H,31,33)/t24-/m1/s1. The molecule has 0 aromatic heterocycles. The van der Waals surface area contributed by atoms with Crippen molar-refractivity contribution >= 4 is 33.0 Å². The molecule has 1 heterocycles. The first-order valence-corrected chi connectivity index (χ1v) is 14.0. The fourth-order valence-electron chi connectivity index (χ4n) is 4.29. The van der Waals surface area contributed by atoms with Crippen molar-refractivity contribution in [2.75, 3.05) is 37.2 Å². The van der Waals surface area contributed by atoms with E-state index in [1.165, 1.54) is 0 Å². The highest BCUT2D eigenvalue weighted by Gasteiger charge is 2.30. The monoisotopic (exact) mass is 537 g/mol. The summed E-state index contributed by atoms with van der Waals surface area (Å²) in [5.41, 5.74) is 3.94. The van der Waals surface area contributed by atoms with E-state index in [0.29, 0.717) is 47.0 Å². The lowest BCUT2D eigenvalue weighted by atomic mass is 10.1. The molecule has 1 atom stereocenters. The van der Waals surface area contributed by atoms with Crippen molar-refractivity contribution in [3.05, 3.63) is 82.9 Å². The van der Waals surface area contributed by atoms with Crippen LogP contribution in [-0.2, 0) is 26.8 Å². The van der Waals surface area contributed by atoms with Gasteiger partial charge in [0.2, 0.25) is 5.91 Å². The first-order chi connectivity index (χ1) is 18.2. The molecule has 38 heavy (non-hydrogen) atoms. The molecule has 0 radical (unpaired) electrons. The van der Waals surface area contributed by atoms with Gasteiger partial charge in [-0.3, -0.25) is 9.59 Å². The van der Waals surface area contributed by atoms with Crippen LogP contribution in [0.25, 0.3) is 0 Å². The summed E-state index contributed by atoms with van der Waals surface area (Å²) >= 11 is 0. The van der Waals surface area contributed by atoms with Gasteiger partial charge in [0.05, 0.1) is 37.1 Å². The van der Waals surface area contributed by atoms with Gasteiger partial charge in [-0.1, -0.05) is 30.3 Å². The Kier molecular flexibility index (Phi) is 8.21. The molecule has 4 rings (SSSR count). The predicted molar refractivity (Wildman–Crippen MR) is 147 cm³/mol. The van der Waals surface area contributed by atoms with Gasteiger partial charge in [-0.25, -0.2) is 8.42 Å². The third kappa shape index (κ3) is 6.44. The number of fused-ring (bicyclic) bond motifs is 1. The molecule has 0 bridgehead atoms. The summed E-state index contributed by atoms with van der Waals surface area (Å²) in [6, 6.07) is 16.8. The smallest absolute Gasteiger partial charge is 0.251 e. The molecule has 200 valence electrons. The van der Waals surface area contributed by atoms with Gasteiger partial charge in [-0.2, -0.15) is 0 Å². The van der Waals surface area contributed by atoms with Gasteiger partial charge in [-0.05, 0) is 60.4 Å². The fourth-order valence-corrected chi connectivity index (χ4v) is 5.94. The number of benzene rings is 3. The lowest BCUT2D eigenvalue weighted by Gasteiger charge is -2.27. The van der Waals surface area contributed by atoms with E-state index in [-0.39, 0.29) is 17.4 Å². The van der Waals surface area contributed by atoms with Gasteiger partial charge in [0, 0.05) is 12.1 Å². The Balaban J connectivity index is 1.36. The maximum atomic E-state index is 12.8. The van der Waals surface area contributed by atoms with Crippen molar-refractivity contribution in [3.8, 4) is 11.5 Å². The second-order valence-electron chi connectivity index (χ2n) is 9.12. The molecule has 9 nitrogen and oxygen atoms in total. The van der Waals surface area contributed by atoms with Crippen molar-refractivity contribution in [1.82, 2.24) is 5.32 Å². The van der Waals surface area contributed by atoms with E-state index < -0.39 is 21.8 Å². The number of sulfone groups is 1. The van der Waals surface area contributed by atoms with Crippen molar-refractivity contribution in [2.24, 2.45) is 0 Å². The first-order valence-electron chi connectivity index (χ1n) is 12.1. The van der Waals surface area contributed by atoms with Crippen LogP contribution in [0.15, 0.2) is 60.7 Å². The molecule has 0 spiro atoms. The predicted octanol–water partition coefficient (Wildman–Crippen LogP) is 3.33. The first kappa shape index (κ1) is 27.0. The molecule has 0 saturated carbocycles. The number of rotatable bonds is 10. The molecule has 0 unspecified atom stereocenters. The normalized spacial score (nSPS) is 14.6. The minimum atomic E-state index is -3.56. The second-order valence-corrected chi connectivity index (χ2v) is 11.2. The Labute approximate surface area is 222 Å². The Bertz CT molecular complexity index is 1450. The van der Waals surface area contributed by atoms with Gasteiger partial charge in [0.15, 0.2) is 21.3 Å². The molecule has 1 aliphatic heterocycles. The molecular weight excluding hydrogens is 506 g/mol. The van der Waals surface area contributed by atoms with Crippen LogP contribution in [0.3, 0.4) is 0 Å². The Morgan fingerprint density at radius 2 is 1.74 bits per heavy atom. The van der Waals surface area contributed by atoms with E-state index in [9.17, 15) is 18.0 Å². The Hall–Kier alpha value is -4.05. The molecule has 0 fully saturated rings. The highest BCUT2D eigenvalue weighted by molar-refractivity contribution is 7.90. The minimum Gasteiger partial charge on any atom is -0.493 e. The van der Waals surface area contributed by atoms with Gasteiger partial charge in [0.25, 0.3) is 5.91 Å². The van der Waals surface area contributed by atoms with Gasteiger partial charge >= 0.3 is 0 Å². The average molecular weight is 538 g/mol. The number of amides is 2. The number of hydrogen-bond donors (Lipinski definition) is 3. The van der Waals surface area contributed by atoms with Gasteiger partial charge < -0.3 is 25.4 Å². The molecule has 3 aromatic rings. The summed E-state index contributed by atoms with van der Waals surface area (Å²) in [6.07, 6.45) is 0.591. The maximum Gasteiger partial charge on any atom is 0.251 e. The summed E-state index contributed by atoms with van der Waals surface area (Å²) in [5, 5.41) is 8.62. The number of anilines is 2. The molecule has 2 amide bonds. The van der Waals surface area contributed by atoms with Crippen LogP contribution in [-0.4, -0.2) is 52.8 Å². The van der Waals surface area contributed by atoms with Crippen molar-refractivity contribution in [2.45, 2.75) is 25.1 Å². The Morgan fingerprint density at radius 3 is 2.47 bits per heavy atom. The second kappa shape index (κ2) is 11.6. The summed E-state index contributed by atoms with van der Waals surface area (Å²) in [6.45, 7) is 2.26. The molecular formula is C28H31N3O6S. The zero-order chi connectivity index (χ0) is 27.3. The largest absolute Gasteiger partial charge is 0.493 e. The summed E-state index contributed by atoms with van der Waals surface area (Å²) in [4.78, 5) is 25.4. The molecule has 1 aliphatic rings. The Morgan fingerprint density at radius 1 is 0.974 bits per heavy atom. The third-order valence-corrected chi connectivity index (χ3v) is 7.98. The van der Waals surface area contributed by atoms with E-state index in [2.05, 4.69) is 16.0 Å². The topological polar surface area (TPSA) is 123 Å². The van der Waals surface area contributed by atoms with Crippen LogP contribution in [0.1, 0.15) is 27.0 Å². The SMILES string of the molecule is COc1ccc(CCNC(=O)c2ccc3c(c2)NC(=O)[C@@H](CS(=O)(=O)Cc2ccccc2C)N3)cc1OC. The summed E-state index contributed by atoms with van der Waals surface area (Å²) in [5.74, 6) is 0.0276. The molecule has 10 heteroatoms. The van der Waals surface area contributed by atoms with Crippen LogP contribution in [0, 0.1) is 6.92 Å². The lowest BCUT2D eigenvalue weighted by molar-refractivity contribution is -0.116. The zero-order valence-electron chi connectivity index (χ0n) is 21.5. The quantitative estimate of drug-likeness (QED) is 0.363. The van der Waals surface area contributed by atoms with Crippen molar-refractivity contribution in [1.29, 1.82) is 0 Å². The van der Waals surface area contributed by atoms with Crippen LogP contribution in [0.2, 0.25) is 0 Å². The maximum absolute atomic E-state index is 12.8. The molecule has 3 aromatic carbocycles. The number of aryl methyl sites for hydroxylation is 1. The highest BCUT2D eigenvalue weighted by atomic mass is 32.2. The summed E-state index contributed by atoms with van der Waals surface area (Å²) < 4.78 is 36.2. The van der Waals surface area contributed by atoms with E-state index >= 15 is 0 Å². The number of ether oxygens (including phenoxy) is 2. The van der Waals surface area contributed by atoms with Gasteiger partial charge in [0.1, 0.15) is 6.04 Å². The van der Waals surface area contributed by atoms with E-state index in [1.807, 2.05) is 37.3 Å². The number of carbonyl (C=O) groups is 2. The highest BCUT2D eigenvalue weighted by Crippen LogP contribution is 2.29. The zero-order valence-corrected chi connectivity index (χ0v) is 22.4. The lowest BCUT2D eigenvalue weighted by Crippen LogP contribution is -2.43. The van der Waals surface area contributed by atoms with Crippen LogP contribution >= 0.6 is 0 Å². The van der Waals surface area contributed by atoms with Crippen molar-refractivity contribution in [3.63, 3.8) is 0 Å². The van der Waals surface area contributed by atoms with Crippen LogP contribution in [0.4, 0.5) is 11.4 Å². The van der Waals surface area contributed by atoms with Crippen LogP contribution in [0.5, 0.6) is 11.5 Å². The number of methoxy groups -OCH3 is 2. The molecule has 0 saturated heterocycles. The fraction of sp³-hybridized carbons (Fsp3) is 0.286. The number of hydrogen-bond acceptors (Lipinski definition) is 7. The molecule has 0 aliphatic carbocycles. The van der Waals surface area contributed by atoms with E-state index in [4.69, 9.17) is 9.47 Å². The minimum absolute atomic E-state index is 0.138. The summed E-state index contributed by atoms with van der Waals surface area (Å²) in [7, 11) is -0.416. The van der Waals surface area contributed by atoms with E-state index in [0.717, 1.165) is 11.1 Å². The van der Waals surface area contributed by atoms with Gasteiger partial charge in [-0.15, -0.1) is 0 Å². The number of nitrogens with one attached hydrogen (secondary N) is 3. The average Bonchev–Trinajstić information content (AvgIpc) is 2.89. The molecule has 3 N–H and O–H groups in total. The van der Waals surface area contributed by atoms with E-state index in [1.54, 1.807) is 44.6 Å². The van der Waals surface area contributed by atoms with Crippen LogP contribution < -0.4 is 25.4 Å². The van der Waals surface area contributed by atoms with Crippen molar-refractivity contribution < 1.29 is 27.5 Å². The third-order valence-electron chi connectivity index (χ3n) is 6.39. The number of carbonyl (C=O) groups excluding carboxylic acids is 2.